The van der Waals surface area contributed by atoms with Crippen LogP contribution in [-0.4, -0.2) is 33.9 Å². The summed E-state index contributed by atoms with van der Waals surface area (Å²) in [5, 5.41) is 30.8. The highest BCUT2D eigenvalue weighted by Gasteiger charge is 2.25. The van der Waals surface area contributed by atoms with Crippen molar-refractivity contribution in [3.8, 4) is 5.75 Å². The number of hydrogen-bond acceptors (Lipinski definition) is 7. The molecule has 8 nitrogen and oxygen atoms in total. The van der Waals surface area contributed by atoms with Gasteiger partial charge in [-0.05, 0) is 19.1 Å². The highest BCUT2D eigenvalue weighted by Crippen LogP contribution is 2.31. The van der Waals surface area contributed by atoms with Crippen molar-refractivity contribution in [2.24, 2.45) is 4.99 Å². The van der Waals surface area contributed by atoms with Gasteiger partial charge in [0.2, 0.25) is 0 Å². The van der Waals surface area contributed by atoms with Crippen LogP contribution in [0.15, 0.2) is 34.8 Å². The van der Waals surface area contributed by atoms with Gasteiger partial charge in [-0.15, -0.1) is 0 Å². The number of esters is 1. The minimum absolute atomic E-state index is 0.112. The molecule has 0 atom stereocenters. The van der Waals surface area contributed by atoms with Crippen LogP contribution in [0.4, 0.5) is 28.9 Å². The number of aliphatic hydroxyl groups excluding tert-OH is 1. The van der Waals surface area contributed by atoms with E-state index in [0.717, 1.165) is 18.2 Å². The van der Waals surface area contributed by atoms with Crippen molar-refractivity contribution in [2.45, 2.75) is 6.92 Å². The van der Waals surface area contributed by atoms with Crippen LogP contribution in [0.5, 0.6) is 5.75 Å². The van der Waals surface area contributed by atoms with Crippen LogP contribution < -0.4 is 0 Å². The zero-order valence-corrected chi connectivity index (χ0v) is 15.0. The summed E-state index contributed by atoms with van der Waals surface area (Å²) in [6.07, 6.45) is 0.532. The molecule has 0 fully saturated rings. The number of nitro benzene ring substituents is 1. The largest absolute Gasteiger partial charge is 0.506 e. The Morgan fingerprint density at radius 3 is 2.47 bits per heavy atom. The maximum atomic E-state index is 14.0. The summed E-state index contributed by atoms with van der Waals surface area (Å²) in [5.41, 5.74) is -3.02. The van der Waals surface area contributed by atoms with Crippen molar-refractivity contribution in [1.29, 1.82) is 0 Å². The fourth-order valence-corrected chi connectivity index (χ4v) is 2.17. The Bertz CT molecular complexity index is 1080. The number of aliphatic hydroxyl groups is 1. The number of nitro groups is 1. The van der Waals surface area contributed by atoms with E-state index in [1.165, 1.54) is 6.92 Å². The molecule has 0 amide bonds. The third-order valence-electron chi connectivity index (χ3n) is 3.61. The molecular formula is C18H12F4N2O6. The molecule has 0 spiro atoms. The fraction of sp³-hybridized carbons (Fsp3) is 0.111. The van der Waals surface area contributed by atoms with Gasteiger partial charge in [-0.25, -0.2) is 22.4 Å². The number of non-ortho nitro benzene ring substituents is 1. The summed E-state index contributed by atoms with van der Waals surface area (Å²) >= 11 is 0. The Balaban J connectivity index is 2.65. The second-order valence-corrected chi connectivity index (χ2v) is 5.52. The highest BCUT2D eigenvalue weighted by molar-refractivity contribution is 6.15. The van der Waals surface area contributed by atoms with Gasteiger partial charge in [0, 0.05) is 18.3 Å². The first-order valence-corrected chi connectivity index (χ1v) is 8.03. The van der Waals surface area contributed by atoms with Crippen molar-refractivity contribution >= 4 is 29.3 Å². The summed E-state index contributed by atoms with van der Waals surface area (Å²) in [5.74, 6) is -11.4. The van der Waals surface area contributed by atoms with Crippen molar-refractivity contribution in [3.05, 3.63) is 68.8 Å². The van der Waals surface area contributed by atoms with E-state index in [-0.39, 0.29) is 12.7 Å². The SMILES string of the molecule is CCOC(=O)C(C=Nc1cc([N+](=O)[O-])ccc1O)=C(O)c1cc(F)c(F)c(F)c1F. The molecule has 0 saturated carbocycles. The predicted molar refractivity (Wildman–Crippen MR) is 95.4 cm³/mol. The average Bonchev–Trinajstić information content (AvgIpc) is 2.70. The number of aromatic hydroxyl groups is 1. The molecule has 0 heterocycles. The van der Waals surface area contributed by atoms with Gasteiger partial charge in [-0.3, -0.25) is 15.1 Å². The molecule has 0 unspecified atom stereocenters. The maximum absolute atomic E-state index is 14.0. The van der Waals surface area contributed by atoms with E-state index < -0.39 is 68.2 Å². The molecule has 0 bridgehead atoms. The predicted octanol–water partition coefficient (Wildman–Crippen LogP) is 4.09. The van der Waals surface area contributed by atoms with E-state index in [1.807, 2.05) is 0 Å². The smallest absolute Gasteiger partial charge is 0.343 e. The lowest BCUT2D eigenvalue weighted by atomic mass is 10.1. The molecule has 2 aromatic carbocycles. The first-order chi connectivity index (χ1) is 14.1. The lowest BCUT2D eigenvalue weighted by molar-refractivity contribution is -0.384. The maximum Gasteiger partial charge on any atom is 0.343 e. The molecule has 0 aliphatic carbocycles. The van der Waals surface area contributed by atoms with Gasteiger partial charge in [0.15, 0.2) is 23.3 Å². The topological polar surface area (TPSA) is 122 Å². The molecule has 0 aromatic heterocycles. The molecule has 0 saturated heterocycles. The van der Waals surface area contributed by atoms with Gasteiger partial charge >= 0.3 is 5.97 Å². The summed E-state index contributed by atoms with van der Waals surface area (Å²) in [6, 6.07) is 2.83. The van der Waals surface area contributed by atoms with Gasteiger partial charge in [0.1, 0.15) is 22.8 Å². The van der Waals surface area contributed by atoms with Gasteiger partial charge < -0.3 is 14.9 Å². The monoisotopic (exact) mass is 428 g/mol. The summed E-state index contributed by atoms with van der Waals surface area (Å²) < 4.78 is 58.7. The Morgan fingerprint density at radius 2 is 1.87 bits per heavy atom. The number of carbonyl (C=O) groups excluding carboxylic acids is 1. The first kappa shape index (κ1) is 22.3. The van der Waals surface area contributed by atoms with Crippen molar-refractivity contribution < 1.29 is 42.2 Å². The second-order valence-electron chi connectivity index (χ2n) is 5.52. The molecule has 12 heteroatoms. The zero-order valence-electron chi connectivity index (χ0n) is 15.0. The minimum Gasteiger partial charge on any atom is -0.506 e. The van der Waals surface area contributed by atoms with Crippen LogP contribution in [0.3, 0.4) is 0 Å². The van der Waals surface area contributed by atoms with E-state index in [0.29, 0.717) is 6.21 Å². The number of carbonyl (C=O) groups is 1. The molecule has 0 aliphatic heterocycles. The average molecular weight is 428 g/mol. The number of rotatable bonds is 6. The van der Waals surface area contributed by atoms with Crippen LogP contribution in [-0.2, 0) is 9.53 Å². The number of ether oxygens (including phenoxy) is 1. The van der Waals surface area contributed by atoms with Gasteiger partial charge in [0.25, 0.3) is 5.69 Å². The van der Waals surface area contributed by atoms with E-state index in [1.54, 1.807) is 0 Å². The molecule has 158 valence electrons. The summed E-state index contributed by atoms with van der Waals surface area (Å²) in [6.45, 7) is 1.16. The van der Waals surface area contributed by atoms with E-state index in [9.17, 15) is 42.7 Å². The van der Waals surface area contributed by atoms with Crippen LogP contribution in [0, 0.1) is 33.4 Å². The van der Waals surface area contributed by atoms with Crippen LogP contribution in [0.1, 0.15) is 12.5 Å². The number of nitrogens with zero attached hydrogens (tertiary/aromatic N) is 2. The third-order valence-corrected chi connectivity index (χ3v) is 3.61. The van der Waals surface area contributed by atoms with Gasteiger partial charge in [-0.2, -0.15) is 0 Å². The number of aliphatic imine (C=N–C) groups is 1. The van der Waals surface area contributed by atoms with Crippen molar-refractivity contribution in [3.63, 3.8) is 0 Å². The molecule has 30 heavy (non-hydrogen) atoms. The van der Waals surface area contributed by atoms with E-state index in [4.69, 9.17) is 0 Å². The van der Waals surface area contributed by atoms with Crippen LogP contribution in [0.25, 0.3) is 5.76 Å². The Kier molecular flexibility index (Phi) is 6.72. The highest BCUT2D eigenvalue weighted by atomic mass is 19.2. The molecular weight excluding hydrogens is 416 g/mol. The number of benzene rings is 2. The lowest BCUT2D eigenvalue weighted by Crippen LogP contribution is -2.12. The number of phenolic OH excluding ortho intramolecular Hbond substituents is 1. The molecule has 2 rings (SSSR count). The Hall–Kier alpha value is -3.96. The molecule has 2 aromatic rings. The van der Waals surface area contributed by atoms with E-state index in [2.05, 4.69) is 9.73 Å². The summed E-state index contributed by atoms with van der Waals surface area (Å²) in [7, 11) is 0. The quantitative estimate of drug-likeness (QED) is 0.0823. The third kappa shape index (κ3) is 4.54. The van der Waals surface area contributed by atoms with Gasteiger partial charge in [0.05, 0.1) is 17.1 Å². The summed E-state index contributed by atoms with van der Waals surface area (Å²) in [4.78, 5) is 25.7. The molecule has 2 N–H and O–H groups in total. The first-order valence-electron chi connectivity index (χ1n) is 8.03. The molecule has 0 aliphatic rings. The lowest BCUT2D eigenvalue weighted by Gasteiger charge is -2.09. The van der Waals surface area contributed by atoms with Gasteiger partial charge in [-0.1, -0.05) is 0 Å². The number of halogens is 4. The Morgan fingerprint density at radius 1 is 1.20 bits per heavy atom. The van der Waals surface area contributed by atoms with Crippen molar-refractivity contribution in [2.75, 3.05) is 6.61 Å². The Labute approximate surface area is 165 Å². The number of phenols is 1. The fourth-order valence-electron chi connectivity index (χ4n) is 2.17. The standard InChI is InChI=1S/C18H12F4N2O6/c1-2-30-18(27)10(7-23-12-5-8(24(28)29)3-4-13(12)25)17(26)9-6-11(19)15(21)16(22)14(9)20/h3-7,25-26H,2H2,1H3. The molecule has 0 radical (unpaired) electrons. The number of hydrogen-bond donors (Lipinski definition) is 2. The van der Waals surface area contributed by atoms with Crippen LogP contribution >= 0.6 is 0 Å². The zero-order chi connectivity index (χ0) is 22.6. The van der Waals surface area contributed by atoms with Crippen molar-refractivity contribution in [1.82, 2.24) is 0 Å². The second kappa shape index (κ2) is 9.03. The minimum atomic E-state index is -2.23. The van der Waals surface area contributed by atoms with Crippen LogP contribution in [0.2, 0.25) is 0 Å². The normalized spacial score (nSPS) is 12.0. The van der Waals surface area contributed by atoms with E-state index >= 15 is 0 Å².